The Hall–Kier alpha value is -7.82. The highest BCUT2D eigenvalue weighted by atomic mass is 15.1. The van der Waals surface area contributed by atoms with Crippen molar-refractivity contribution in [2.24, 2.45) is 0 Å². The van der Waals surface area contributed by atoms with Crippen LogP contribution in [0.25, 0.3) is 82.9 Å². The van der Waals surface area contributed by atoms with Gasteiger partial charge in [0.05, 0.1) is 22.2 Å². The molecule has 0 spiro atoms. The number of fused-ring (bicyclic) bond motifs is 5. The van der Waals surface area contributed by atoms with Gasteiger partial charge in [-0.05, 0) is 94.7 Å². The van der Waals surface area contributed by atoms with E-state index in [2.05, 4.69) is 216 Å². The first-order chi connectivity index (χ1) is 28.7. The summed E-state index contributed by atoms with van der Waals surface area (Å²) in [6, 6.07) is 77.5. The molecule has 0 saturated carbocycles. The third-order valence-corrected chi connectivity index (χ3v) is 11.2. The third-order valence-electron chi connectivity index (χ3n) is 11.2. The summed E-state index contributed by atoms with van der Waals surface area (Å²) in [6.07, 6.45) is 0. The molecule has 4 nitrogen and oxygen atoms in total. The highest BCUT2D eigenvalue weighted by molar-refractivity contribution is 6.10. The topological polar surface area (TPSA) is 34.0 Å². The summed E-state index contributed by atoms with van der Waals surface area (Å²) >= 11 is 0. The normalized spacial score (nSPS) is 11.4. The monoisotopic (exact) mass is 740 g/mol. The number of rotatable bonds is 7. The van der Waals surface area contributed by atoms with Crippen molar-refractivity contribution in [1.29, 1.82) is 0 Å². The predicted molar refractivity (Wildman–Crippen MR) is 242 cm³/mol. The van der Waals surface area contributed by atoms with Crippen LogP contribution < -0.4 is 4.90 Å². The first-order valence-electron chi connectivity index (χ1n) is 19.7. The van der Waals surface area contributed by atoms with E-state index in [1.807, 2.05) is 12.1 Å². The van der Waals surface area contributed by atoms with Gasteiger partial charge in [0.2, 0.25) is 0 Å². The van der Waals surface area contributed by atoms with Crippen molar-refractivity contribution in [1.82, 2.24) is 14.5 Å². The third kappa shape index (κ3) is 5.87. The Morgan fingerprint density at radius 1 is 0.345 bits per heavy atom. The zero-order valence-electron chi connectivity index (χ0n) is 31.6. The van der Waals surface area contributed by atoms with Gasteiger partial charge in [-0.15, -0.1) is 0 Å². The van der Waals surface area contributed by atoms with Crippen LogP contribution in [0.5, 0.6) is 0 Å². The number of aromatic nitrogens is 3. The molecule has 0 aliphatic rings. The lowest BCUT2D eigenvalue weighted by Gasteiger charge is -2.26. The molecule has 0 unspecified atom stereocenters. The largest absolute Gasteiger partial charge is 0.310 e. The van der Waals surface area contributed by atoms with Gasteiger partial charge in [0, 0.05) is 50.0 Å². The van der Waals surface area contributed by atoms with E-state index in [-0.39, 0.29) is 0 Å². The van der Waals surface area contributed by atoms with Crippen molar-refractivity contribution in [2.75, 3.05) is 4.90 Å². The van der Waals surface area contributed by atoms with Gasteiger partial charge in [-0.1, -0.05) is 146 Å². The average molecular weight is 741 g/mol. The van der Waals surface area contributed by atoms with E-state index in [1.54, 1.807) is 0 Å². The van der Waals surface area contributed by atoms with Crippen LogP contribution >= 0.6 is 0 Å². The molecule has 2 aromatic heterocycles. The fourth-order valence-corrected chi connectivity index (χ4v) is 8.38. The van der Waals surface area contributed by atoms with Gasteiger partial charge in [-0.3, -0.25) is 0 Å². The fraction of sp³-hybridized carbons (Fsp3) is 0. The van der Waals surface area contributed by atoms with E-state index in [0.29, 0.717) is 5.82 Å². The Morgan fingerprint density at radius 3 is 1.81 bits per heavy atom. The quantitative estimate of drug-likeness (QED) is 0.163. The van der Waals surface area contributed by atoms with E-state index in [4.69, 9.17) is 9.97 Å². The number of benzene rings is 9. The maximum absolute atomic E-state index is 5.28. The summed E-state index contributed by atoms with van der Waals surface area (Å²) in [7, 11) is 0. The SMILES string of the molecule is c1ccc(-c2ccc(-c3nc(-c4ccc5c(c4)c4ccccc4n5-c4cccc(N(c5ccccc5)c5ccc6ccccc6c5)c4)nc4ccccc34)cc2)cc1. The molecule has 0 bridgehead atoms. The smallest absolute Gasteiger partial charge is 0.160 e. The molecular formula is C54H36N4. The van der Waals surface area contributed by atoms with Crippen LogP contribution in [0, 0.1) is 0 Å². The zero-order valence-corrected chi connectivity index (χ0v) is 31.6. The summed E-state index contributed by atoms with van der Waals surface area (Å²) in [6.45, 7) is 0. The van der Waals surface area contributed by atoms with Crippen molar-refractivity contribution < 1.29 is 0 Å². The maximum atomic E-state index is 5.28. The molecule has 58 heavy (non-hydrogen) atoms. The molecule has 0 fully saturated rings. The van der Waals surface area contributed by atoms with Crippen molar-refractivity contribution in [3.8, 4) is 39.5 Å². The Labute approximate surface area is 336 Å². The zero-order chi connectivity index (χ0) is 38.4. The van der Waals surface area contributed by atoms with Crippen molar-refractivity contribution >= 4 is 60.5 Å². The Balaban J connectivity index is 1.04. The summed E-state index contributed by atoms with van der Waals surface area (Å²) in [4.78, 5) is 12.8. The van der Waals surface area contributed by atoms with E-state index in [1.165, 1.54) is 27.3 Å². The molecule has 4 heteroatoms. The first-order valence-corrected chi connectivity index (χ1v) is 19.7. The van der Waals surface area contributed by atoms with Gasteiger partial charge >= 0.3 is 0 Å². The molecule has 2 heterocycles. The second-order valence-electron chi connectivity index (χ2n) is 14.7. The second-order valence-corrected chi connectivity index (χ2v) is 14.7. The van der Waals surface area contributed by atoms with Crippen LogP contribution in [0.1, 0.15) is 0 Å². The Morgan fingerprint density at radius 2 is 0.966 bits per heavy atom. The van der Waals surface area contributed by atoms with Gasteiger partial charge in [0.1, 0.15) is 0 Å². The van der Waals surface area contributed by atoms with Crippen molar-refractivity contribution in [3.63, 3.8) is 0 Å². The van der Waals surface area contributed by atoms with Gasteiger partial charge in [-0.25, -0.2) is 9.97 Å². The molecule has 0 amide bonds. The lowest BCUT2D eigenvalue weighted by molar-refractivity contribution is 1.17. The summed E-state index contributed by atoms with van der Waals surface area (Å²) in [5, 5.41) is 5.79. The van der Waals surface area contributed by atoms with Crippen LogP contribution in [0.15, 0.2) is 218 Å². The highest BCUT2D eigenvalue weighted by Gasteiger charge is 2.18. The molecule has 0 radical (unpaired) electrons. The van der Waals surface area contributed by atoms with E-state index < -0.39 is 0 Å². The highest BCUT2D eigenvalue weighted by Crippen LogP contribution is 2.40. The minimum atomic E-state index is 0.704. The number of anilines is 3. The van der Waals surface area contributed by atoms with Crippen LogP contribution in [-0.4, -0.2) is 14.5 Å². The Kier molecular flexibility index (Phi) is 8.11. The molecule has 0 saturated heterocycles. The minimum absolute atomic E-state index is 0.704. The molecule has 11 rings (SSSR count). The van der Waals surface area contributed by atoms with Crippen LogP contribution in [0.3, 0.4) is 0 Å². The minimum Gasteiger partial charge on any atom is -0.310 e. The predicted octanol–water partition coefficient (Wildman–Crippen LogP) is 14.4. The number of hydrogen-bond acceptors (Lipinski definition) is 3. The molecule has 0 N–H and O–H groups in total. The van der Waals surface area contributed by atoms with Gasteiger partial charge < -0.3 is 9.47 Å². The number of nitrogens with zero attached hydrogens (tertiary/aromatic N) is 4. The lowest BCUT2D eigenvalue weighted by atomic mass is 10.0. The standard InChI is InChI=1S/C54H36N4/c1-3-14-37(15-4-1)39-26-28-40(29-27-39)53-48-23-9-11-24-50(48)55-54(56-53)42-31-33-52-49(35-42)47-22-10-12-25-51(47)58(52)45-21-13-20-44(36-45)57(43-18-5-2-6-19-43)46-32-30-38-16-7-8-17-41(38)34-46/h1-36H. The van der Waals surface area contributed by atoms with Gasteiger partial charge in [0.15, 0.2) is 5.82 Å². The Bertz CT molecular complexity index is 3280. The summed E-state index contributed by atoms with van der Waals surface area (Å²) in [5.41, 5.74) is 12.9. The van der Waals surface area contributed by atoms with Crippen LogP contribution in [0.4, 0.5) is 17.1 Å². The van der Waals surface area contributed by atoms with E-state index in [0.717, 1.165) is 66.9 Å². The molecule has 0 aliphatic heterocycles. The van der Waals surface area contributed by atoms with Crippen molar-refractivity contribution in [2.45, 2.75) is 0 Å². The van der Waals surface area contributed by atoms with Crippen LogP contribution in [0.2, 0.25) is 0 Å². The lowest BCUT2D eigenvalue weighted by Crippen LogP contribution is -2.10. The summed E-state index contributed by atoms with van der Waals surface area (Å²) in [5.74, 6) is 0.704. The van der Waals surface area contributed by atoms with Gasteiger partial charge in [0.25, 0.3) is 0 Å². The molecule has 9 aromatic carbocycles. The molecule has 0 atom stereocenters. The second kappa shape index (κ2) is 14.0. The molecule has 0 aliphatic carbocycles. The van der Waals surface area contributed by atoms with Crippen LogP contribution in [-0.2, 0) is 0 Å². The molecule has 11 aromatic rings. The van der Waals surface area contributed by atoms with E-state index >= 15 is 0 Å². The van der Waals surface area contributed by atoms with Crippen molar-refractivity contribution in [3.05, 3.63) is 218 Å². The number of para-hydroxylation sites is 3. The van der Waals surface area contributed by atoms with Gasteiger partial charge in [-0.2, -0.15) is 0 Å². The first kappa shape index (κ1) is 33.5. The number of hydrogen-bond donors (Lipinski definition) is 0. The maximum Gasteiger partial charge on any atom is 0.160 e. The van der Waals surface area contributed by atoms with E-state index in [9.17, 15) is 0 Å². The molecule has 272 valence electrons. The summed E-state index contributed by atoms with van der Waals surface area (Å²) < 4.78 is 2.38. The fourth-order valence-electron chi connectivity index (χ4n) is 8.38. The molecular weight excluding hydrogens is 705 g/mol. The average Bonchev–Trinajstić information content (AvgIpc) is 3.63.